The van der Waals surface area contributed by atoms with Gasteiger partial charge in [-0.05, 0) is 80.6 Å². The molecule has 0 bridgehead atoms. The summed E-state index contributed by atoms with van der Waals surface area (Å²) in [4.78, 5) is 10.1. The molecule has 0 unspecified atom stereocenters. The molecule has 0 atom stereocenters. The van der Waals surface area contributed by atoms with Crippen LogP contribution in [0.25, 0.3) is 0 Å². The van der Waals surface area contributed by atoms with Crippen LogP contribution >= 0.6 is 0 Å². The summed E-state index contributed by atoms with van der Waals surface area (Å²) in [6.45, 7) is 3.76. The Morgan fingerprint density at radius 2 is 1.15 bits per heavy atom. The van der Waals surface area contributed by atoms with E-state index in [1.165, 1.54) is 18.2 Å². The van der Waals surface area contributed by atoms with E-state index in [0.717, 1.165) is 35.4 Å². The second kappa shape index (κ2) is 11.9. The minimum atomic E-state index is -4.23. The Balaban J connectivity index is 1.48. The van der Waals surface area contributed by atoms with Crippen LogP contribution in [-0.2, 0) is 33.1 Å². The summed E-state index contributed by atoms with van der Waals surface area (Å²) < 4.78 is 62.2. The van der Waals surface area contributed by atoms with E-state index in [9.17, 15) is 26.9 Å². The molecule has 0 heterocycles. The quantitative estimate of drug-likeness (QED) is 0.121. The number of non-ortho nitro benzene ring substituents is 1. The summed E-state index contributed by atoms with van der Waals surface area (Å²) in [5, 5.41) is 10.9. The second-order valence-corrected chi connectivity index (χ2v) is 12.3. The van der Waals surface area contributed by atoms with Crippen molar-refractivity contribution in [2.75, 3.05) is 0 Å². The summed E-state index contributed by atoms with van der Waals surface area (Å²) in [6.07, 6.45) is 1.44. The van der Waals surface area contributed by atoms with Gasteiger partial charge in [-0.2, -0.15) is 16.8 Å². The Morgan fingerprint density at radius 3 is 1.75 bits per heavy atom. The zero-order chi connectivity index (χ0) is 28.9. The molecule has 208 valence electrons. The average molecular weight is 582 g/mol. The SMILES string of the molecule is Cc1ccc(S(=O)(=O)Oc2ccc(C)cc2CCCc2ccccc2OS(=O)(=O)c2ccc([N+](=O)[O-])cc2)cc1. The molecule has 0 saturated heterocycles. The monoisotopic (exact) mass is 581 g/mol. The molecule has 4 rings (SSSR count). The van der Waals surface area contributed by atoms with Gasteiger partial charge in [-0.25, -0.2) is 0 Å². The lowest BCUT2D eigenvalue weighted by atomic mass is 10.0. The van der Waals surface area contributed by atoms with Crippen molar-refractivity contribution >= 4 is 25.9 Å². The number of nitro groups is 1. The molecular formula is C29H27NO8S2. The van der Waals surface area contributed by atoms with Gasteiger partial charge in [0.2, 0.25) is 0 Å². The van der Waals surface area contributed by atoms with Crippen LogP contribution in [0, 0.1) is 24.0 Å². The summed E-state index contributed by atoms with van der Waals surface area (Å²) >= 11 is 0. The third kappa shape index (κ3) is 7.04. The zero-order valence-corrected chi connectivity index (χ0v) is 23.4. The topological polar surface area (TPSA) is 130 Å². The van der Waals surface area contributed by atoms with E-state index >= 15 is 0 Å². The molecule has 0 aliphatic heterocycles. The predicted octanol–water partition coefficient (Wildman–Crippen LogP) is 5.92. The van der Waals surface area contributed by atoms with Gasteiger partial charge in [0, 0.05) is 12.1 Å². The number of para-hydroxylation sites is 1. The molecule has 0 aliphatic carbocycles. The van der Waals surface area contributed by atoms with Gasteiger partial charge in [0.15, 0.2) is 0 Å². The molecule has 0 radical (unpaired) electrons. The summed E-state index contributed by atoms with van der Waals surface area (Å²) in [7, 11) is -8.25. The van der Waals surface area contributed by atoms with Crippen LogP contribution in [-0.4, -0.2) is 21.8 Å². The van der Waals surface area contributed by atoms with Crippen LogP contribution in [0.4, 0.5) is 5.69 Å². The Morgan fingerprint density at radius 1 is 0.650 bits per heavy atom. The van der Waals surface area contributed by atoms with Gasteiger partial charge in [-0.15, -0.1) is 0 Å². The van der Waals surface area contributed by atoms with Crippen LogP contribution in [0.2, 0.25) is 0 Å². The van der Waals surface area contributed by atoms with Crippen LogP contribution in [0.5, 0.6) is 11.5 Å². The summed E-state index contributed by atoms with van der Waals surface area (Å²) in [6, 6.07) is 22.8. The average Bonchev–Trinajstić information content (AvgIpc) is 2.91. The zero-order valence-electron chi connectivity index (χ0n) is 21.8. The van der Waals surface area contributed by atoms with Crippen molar-refractivity contribution in [3.63, 3.8) is 0 Å². The third-order valence-corrected chi connectivity index (χ3v) is 8.62. The molecule has 0 N–H and O–H groups in total. The van der Waals surface area contributed by atoms with Crippen LogP contribution in [0.3, 0.4) is 0 Å². The maximum absolute atomic E-state index is 12.9. The molecule has 0 spiro atoms. The molecule has 0 saturated carbocycles. The van der Waals surface area contributed by atoms with Crippen LogP contribution in [0.1, 0.15) is 28.7 Å². The third-order valence-electron chi connectivity index (χ3n) is 6.13. The highest BCUT2D eigenvalue weighted by Crippen LogP contribution is 2.29. The number of nitro benzene ring substituents is 1. The van der Waals surface area contributed by atoms with Gasteiger partial charge in [0.05, 0.1) is 4.92 Å². The molecule has 0 aliphatic rings. The van der Waals surface area contributed by atoms with Crippen molar-refractivity contribution < 1.29 is 30.1 Å². The first kappa shape index (κ1) is 28.8. The van der Waals surface area contributed by atoms with Crippen LogP contribution < -0.4 is 8.37 Å². The van der Waals surface area contributed by atoms with Crippen molar-refractivity contribution in [3.8, 4) is 11.5 Å². The van der Waals surface area contributed by atoms with Crippen molar-refractivity contribution in [2.45, 2.75) is 42.9 Å². The minimum Gasteiger partial charge on any atom is -0.379 e. The Labute approximate surface area is 233 Å². The molecule has 9 nitrogen and oxygen atoms in total. The van der Waals surface area contributed by atoms with Gasteiger partial charge in [-0.3, -0.25) is 10.1 Å². The van der Waals surface area contributed by atoms with E-state index in [-0.39, 0.29) is 27.0 Å². The van der Waals surface area contributed by atoms with Gasteiger partial charge in [-0.1, -0.05) is 53.6 Å². The Bertz CT molecular complexity index is 1730. The lowest BCUT2D eigenvalue weighted by Gasteiger charge is -2.14. The van der Waals surface area contributed by atoms with Crippen molar-refractivity contribution in [1.29, 1.82) is 0 Å². The molecule has 4 aromatic carbocycles. The van der Waals surface area contributed by atoms with E-state index in [0.29, 0.717) is 30.4 Å². The molecule has 4 aromatic rings. The maximum atomic E-state index is 12.9. The first-order valence-corrected chi connectivity index (χ1v) is 15.1. The van der Waals surface area contributed by atoms with E-state index < -0.39 is 25.2 Å². The van der Waals surface area contributed by atoms with E-state index in [1.54, 1.807) is 42.5 Å². The highest BCUT2D eigenvalue weighted by molar-refractivity contribution is 7.87. The fourth-order valence-corrected chi connectivity index (χ4v) is 5.95. The highest BCUT2D eigenvalue weighted by Gasteiger charge is 2.21. The molecule has 11 heteroatoms. The number of hydrogen-bond donors (Lipinski definition) is 0. The molecule has 0 amide bonds. The van der Waals surface area contributed by atoms with Crippen LogP contribution in [0.15, 0.2) is 101 Å². The lowest BCUT2D eigenvalue weighted by Crippen LogP contribution is -2.12. The van der Waals surface area contributed by atoms with Gasteiger partial charge >= 0.3 is 20.2 Å². The maximum Gasteiger partial charge on any atom is 0.339 e. The molecule has 0 aromatic heterocycles. The number of rotatable bonds is 11. The molecule has 0 fully saturated rings. The number of benzene rings is 4. The first-order chi connectivity index (χ1) is 18.9. The fourth-order valence-electron chi connectivity index (χ4n) is 4.02. The molecular weight excluding hydrogens is 554 g/mol. The largest absolute Gasteiger partial charge is 0.379 e. The normalized spacial score (nSPS) is 11.7. The lowest BCUT2D eigenvalue weighted by molar-refractivity contribution is -0.384. The fraction of sp³-hybridized carbons (Fsp3) is 0.172. The molecule has 40 heavy (non-hydrogen) atoms. The number of hydrogen-bond acceptors (Lipinski definition) is 8. The van der Waals surface area contributed by atoms with Crippen molar-refractivity contribution in [3.05, 3.63) is 123 Å². The second-order valence-electron chi connectivity index (χ2n) is 9.21. The minimum absolute atomic E-state index is 0.0601. The first-order valence-electron chi connectivity index (χ1n) is 12.3. The number of aryl methyl sites for hydroxylation is 4. The van der Waals surface area contributed by atoms with E-state index in [4.69, 9.17) is 8.37 Å². The van der Waals surface area contributed by atoms with Gasteiger partial charge in [0.25, 0.3) is 5.69 Å². The number of nitrogens with zero attached hydrogens (tertiary/aromatic N) is 1. The Kier molecular flexibility index (Phi) is 8.55. The summed E-state index contributed by atoms with van der Waals surface area (Å²) in [5.74, 6) is 0.375. The van der Waals surface area contributed by atoms with Gasteiger partial charge < -0.3 is 8.37 Å². The van der Waals surface area contributed by atoms with E-state index in [2.05, 4.69) is 0 Å². The van der Waals surface area contributed by atoms with E-state index in [1.807, 2.05) is 19.9 Å². The predicted molar refractivity (Wildman–Crippen MR) is 150 cm³/mol. The highest BCUT2D eigenvalue weighted by atomic mass is 32.2. The standard InChI is InChI=1S/C29H27NO8S2/c1-21-10-15-26(16-11-21)39(33,34)38-29-19-12-22(2)20-24(29)8-5-7-23-6-3-4-9-28(23)37-40(35,36)27-17-13-25(14-18-27)30(31)32/h3-4,6,9-20H,5,7-8H2,1-2H3. The van der Waals surface area contributed by atoms with Gasteiger partial charge in [0.1, 0.15) is 21.3 Å². The van der Waals surface area contributed by atoms with Crippen molar-refractivity contribution in [1.82, 2.24) is 0 Å². The smallest absolute Gasteiger partial charge is 0.339 e. The summed E-state index contributed by atoms with van der Waals surface area (Å²) in [5.41, 5.74) is 2.97. The Hall–Kier alpha value is -4.22. The van der Waals surface area contributed by atoms with Crippen molar-refractivity contribution in [2.24, 2.45) is 0 Å².